The lowest BCUT2D eigenvalue weighted by atomic mass is 10.0. The quantitative estimate of drug-likeness (QED) is 0.183. The number of hydrogen-bond donors (Lipinski definition) is 1. The molecule has 264 valence electrons. The van der Waals surface area contributed by atoms with Crippen molar-refractivity contribution in [3.05, 3.63) is 217 Å². The van der Waals surface area contributed by atoms with Crippen LogP contribution in [0.5, 0.6) is 0 Å². The molecule has 5 nitrogen and oxygen atoms in total. The minimum absolute atomic E-state index is 0.256. The molecule has 0 aliphatic carbocycles. The smallest absolute Gasteiger partial charge is 0.159 e. The van der Waals surface area contributed by atoms with E-state index in [1.165, 1.54) is 38.1 Å². The molecule has 56 heavy (non-hydrogen) atoms. The largest absolute Gasteiger partial charge is 0.344 e. The van der Waals surface area contributed by atoms with Crippen LogP contribution in [0.15, 0.2) is 210 Å². The highest BCUT2D eigenvalue weighted by Crippen LogP contribution is 2.38. The van der Waals surface area contributed by atoms with Crippen molar-refractivity contribution in [1.29, 1.82) is 0 Å². The first-order valence-corrected chi connectivity index (χ1v) is 19.0. The van der Waals surface area contributed by atoms with Gasteiger partial charge in [-0.1, -0.05) is 146 Å². The standard InChI is InChI=1S/C51H35N5/c1-4-15-34(16-5-1)49-52-50(35-17-6-2-7-18-35)54-51(53-49)38-20-14-19-36(31-38)37-27-29-43-41-23-10-12-25-45(41)56(48(43)32-37)40-28-30-47-44(33-40)42-24-11-13-26-46(42)55(47)39-21-8-3-9-22-39/h1-33,49H,(H,52,53,54). The Bertz CT molecular complexity index is 3150. The predicted molar refractivity (Wildman–Crippen MR) is 232 cm³/mol. The van der Waals surface area contributed by atoms with Gasteiger partial charge in [0.25, 0.3) is 0 Å². The molecule has 0 spiro atoms. The van der Waals surface area contributed by atoms with Crippen molar-refractivity contribution in [2.45, 2.75) is 6.17 Å². The van der Waals surface area contributed by atoms with Gasteiger partial charge in [0.1, 0.15) is 12.0 Å². The summed E-state index contributed by atoms with van der Waals surface area (Å²) in [6.45, 7) is 0. The number of fused-ring (bicyclic) bond motifs is 6. The van der Waals surface area contributed by atoms with Crippen LogP contribution in [0.25, 0.3) is 66.1 Å². The molecule has 0 saturated carbocycles. The van der Waals surface area contributed by atoms with Gasteiger partial charge in [-0.3, -0.25) is 0 Å². The third-order valence-corrected chi connectivity index (χ3v) is 11.0. The van der Waals surface area contributed by atoms with Gasteiger partial charge >= 0.3 is 0 Å². The molecule has 11 rings (SSSR count). The molecule has 3 heterocycles. The summed E-state index contributed by atoms with van der Waals surface area (Å²) in [6.07, 6.45) is -0.256. The number of nitrogens with zero attached hydrogens (tertiary/aromatic N) is 4. The number of para-hydroxylation sites is 3. The van der Waals surface area contributed by atoms with E-state index in [1.807, 2.05) is 24.3 Å². The first-order chi connectivity index (χ1) is 27.8. The maximum atomic E-state index is 5.14. The average Bonchev–Trinajstić information content (AvgIpc) is 3.79. The first-order valence-electron chi connectivity index (χ1n) is 19.0. The van der Waals surface area contributed by atoms with Crippen molar-refractivity contribution in [3.63, 3.8) is 0 Å². The monoisotopic (exact) mass is 717 g/mol. The van der Waals surface area contributed by atoms with E-state index < -0.39 is 0 Å². The van der Waals surface area contributed by atoms with E-state index in [-0.39, 0.29) is 6.17 Å². The lowest BCUT2D eigenvalue weighted by molar-refractivity contribution is 0.674. The Labute approximate surface area is 324 Å². The van der Waals surface area contributed by atoms with Gasteiger partial charge < -0.3 is 14.5 Å². The number of aromatic nitrogens is 2. The summed E-state index contributed by atoms with van der Waals surface area (Å²) in [5.74, 6) is 1.51. The molecule has 1 aliphatic rings. The van der Waals surface area contributed by atoms with Crippen LogP contribution in [0.2, 0.25) is 0 Å². The van der Waals surface area contributed by atoms with Crippen LogP contribution in [0, 0.1) is 0 Å². The third-order valence-electron chi connectivity index (χ3n) is 11.0. The van der Waals surface area contributed by atoms with Gasteiger partial charge in [0.05, 0.1) is 22.1 Å². The van der Waals surface area contributed by atoms with Gasteiger partial charge in [-0.15, -0.1) is 0 Å². The second kappa shape index (κ2) is 13.1. The third kappa shape index (κ3) is 5.32. The second-order valence-electron chi connectivity index (χ2n) is 14.3. The maximum Gasteiger partial charge on any atom is 0.159 e. The topological polar surface area (TPSA) is 46.6 Å². The molecule has 10 aromatic rings. The Hall–Kier alpha value is -7.50. The molecule has 8 aromatic carbocycles. The number of nitrogens with one attached hydrogen (secondary N) is 1. The number of hydrogen-bond acceptors (Lipinski definition) is 3. The number of amidine groups is 2. The Morgan fingerprint density at radius 1 is 0.375 bits per heavy atom. The summed E-state index contributed by atoms with van der Waals surface area (Å²) in [5, 5.41) is 8.49. The maximum absolute atomic E-state index is 5.14. The van der Waals surface area contributed by atoms with Crippen molar-refractivity contribution < 1.29 is 0 Å². The van der Waals surface area contributed by atoms with Gasteiger partial charge in [0.2, 0.25) is 0 Å². The number of aliphatic imine (C=N–C) groups is 2. The molecular formula is C51H35N5. The molecule has 0 bridgehead atoms. The second-order valence-corrected chi connectivity index (χ2v) is 14.3. The van der Waals surface area contributed by atoms with Crippen molar-refractivity contribution >= 4 is 55.3 Å². The SMILES string of the molecule is c1ccc(C2=NC(c3cccc(-c4ccc5c6ccccc6n(-c6ccc7c(c6)c6ccccc6n7-c6ccccc6)c5c4)c3)=NC(c3ccccc3)N2)cc1. The minimum Gasteiger partial charge on any atom is -0.344 e. The Morgan fingerprint density at radius 2 is 0.946 bits per heavy atom. The summed E-state index contributed by atoms with van der Waals surface area (Å²) in [4.78, 5) is 10.2. The molecule has 0 amide bonds. The van der Waals surface area contributed by atoms with Crippen LogP contribution in [-0.2, 0) is 0 Å². The summed E-state index contributed by atoms with van der Waals surface area (Å²) in [5.41, 5.74) is 12.3. The van der Waals surface area contributed by atoms with E-state index in [0.29, 0.717) is 5.84 Å². The van der Waals surface area contributed by atoms with Crippen molar-refractivity contribution in [3.8, 4) is 22.5 Å². The van der Waals surface area contributed by atoms with Crippen LogP contribution in [-0.4, -0.2) is 20.8 Å². The lowest BCUT2D eigenvalue weighted by Gasteiger charge is -2.23. The fourth-order valence-corrected chi connectivity index (χ4v) is 8.35. The van der Waals surface area contributed by atoms with Gasteiger partial charge in [-0.2, -0.15) is 0 Å². The van der Waals surface area contributed by atoms with Crippen LogP contribution < -0.4 is 5.32 Å². The lowest BCUT2D eigenvalue weighted by Crippen LogP contribution is -2.33. The first kappa shape index (κ1) is 32.0. The number of rotatable bonds is 6. The highest BCUT2D eigenvalue weighted by atomic mass is 15.2. The highest BCUT2D eigenvalue weighted by Gasteiger charge is 2.22. The predicted octanol–water partition coefficient (Wildman–Crippen LogP) is 12.0. The fraction of sp³-hybridized carbons (Fsp3) is 0.0196. The fourth-order valence-electron chi connectivity index (χ4n) is 8.35. The van der Waals surface area contributed by atoms with Gasteiger partial charge in [-0.25, -0.2) is 9.98 Å². The van der Waals surface area contributed by atoms with E-state index in [4.69, 9.17) is 9.98 Å². The summed E-state index contributed by atoms with van der Waals surface area (Å²) in [6, 6.07) is 71.1. The molecule has 0 saturated heterocycles. The molecule has 1 N–H and O–H groups in total. The molecule has 1 aliphatic heterocycles. The number of benzene rings is 8. The molecular weight excluding hydrogens is 683 g/mol. The molecule has 5 heteroatoms. The summed E-state index contributed by atoms with van der Waals surface area (Å²) in [7, 11) is 0. The molecule has 0 radical (unpaired) electrons. The van der Waals surface area contributed by atoms with E-state index in [2.05, 4.69) is 190 Å². The van der Waals surface area contributed by atoms with Crippen molar-refractivity contribution in [1.82, 2.24) is 14.5 Å². The van der Waals surface area contributed by atoms with Gasteiger partial charge in [0.15, 0.2) is 5.84 Å². The Balaban J connectivity index is 1.05. The van der Waals surface area contributed by atoms with Crippen molar-refractivity contribution in [2.75, 3.05) is 0 Å². The van der Waals surface area contributed by atoms with Gasteiger partial charge in [0, 0.05) is 44.0 Å². The van der Waals surface area contributed by atoms with Crippen LogP contribution >= 0.6 is 0 Å². The van der Waals surface area contributed by atoms with Crippen LogP contribution in [0.1, 0.15) is 22.9 Å². The zero-order chi connectivity index (χ0) is 37.0. The van der Waals surface area contributed by atoms with E-state index in [0.717, 1.165) is 50.5 Å². The average molecular weight is 718 g/mol. The molecule has 1 unspecified atom stereocenters. The normalized spacial score (nSPS) is 14.2. The van der Waals surface area contributed by atoms with Crippen LogP contribution in [0.4, 0.5) is 0 Å². The summed E-state index contributed by atoms with van der Waals surface area (Å²) >= 11 is 0. The summed E-state index contributed by atoms with van der Waals surface area (Å²) < 4.78 is 4.79. The zero-order valence-corrected chi connectivity index (χ0v) is 30.4. The van der Waals surface area contributed by atoms with Gasteiger partial charge in [-0.05, 0) is 71.3 Å². The van der Waals surface area contributed by atoms with E-state index in [9.17, 15) is 0 Å². The minimum atomic E-state index is -0.256. The molecule has 1 atom stereocenters. The highest BCUT2D eigenvalue weighted by molar-refractivity contribution is 6.14. The van der Waals surface area contributed by atoms with E-state index in [1.54, 1.807) is 0 Å². The van der Waals surface area contributed by atoms with E-state index >= 15 is 0 Å². The molecule has 0 fully saturated rings. The van der Waals surface area contributed by atoms with Crippen LogP contribution in [0.3, 0.4) is 0 Å². The Morgan fingerprint density at radius 3 is 1.71 bits per heavy atom. The molecule has 2 aromatic heterocycles. The van der Waals surface area contributed by atoms with Crippen molar-refractivity contribution in [2.24, 2.45) is 9.98 Å². The Kier molecular flexibility index (Phi) is 7.49. The zero-order valence-electron chi connectivity index (χ0n) is 30.4.